The molecule has 0 aliphatic heterocycles. The zero-order chi connectivity index (χ0) is 11.3. The summed E-state index contributed by atoms with van der Waals surface area (Å²) in [6.45, 7) is 0.336. The lowest BCUT2D eigenvalue weighted by atomic mass is 10.4. The summed E-state index contributed by atoms with van der Waals surface area (Å²) in [7, 11) is 3.16. The second-order valence-electron chi connectivity index (χ2n) is 2.90. The van der Waals surface area contributed by atoms with Gasteiger partial charge in [-0.15, -0.1) is 11.6 Å². The predicted octanol–water partition coefficient (Wildman–Crippen LogP) is 0.682. The number of hydrogen-bond donors (Lipinski definition) is 0. The number of aromatic nitrogens is 2. The van der Waals surface area contributed by atoms with Gasteiger partial charge >= 0.3 is 0 Å². The molecule has 1 rings (SSSR count). The summed E-state index contributed by atoms with van der Waals surface area (Å²) in [6, 6.07) is 0. The number of alkyl halides is 1. The molecule has 5 nitrogen and oxygen atoms in total. The van der Waals surface area contributed by atoms with Crippen LogP contribution in [0, 0.1) is 0 Å². The first kappa shape index (κ1) is 11.7. The molecule has 0 N–H and O–H groups in total. The minimum atomic E-state index is -0.163. The predicted molar refractivity (Wildman–Crippen MR) is 55.8 cm³/mol. The van der Waals surface area contributed by atoms with Crippen molar-refractivity contribution >= 4 is 17.5 Å². The van der Waals surface area contributed by atoms with Crippen molar-refractivity contribution in [3.8, 4) is 5.88 Å². The third kappa shape index (κ3) is 3.06. The molecule has 0 saturated heterocycles. The second kappa shape index (κ2) is 5.50. The quantitative estimate of drug-likeness (QED) is 0.713. The molecule has 15 heavy (non-hydrogen) atoms. The van der Waals surface area contributed by atoms with Gasteiger partial charge in [0, 0.05) is 19.4 Å². The normalized spacial score (nSPS) is 9.80. The van der Waals surface area contributed by atoms with Crippen LogP contribution in [-0.4, -0.2) is 40.8 Å². The average molecular weight is 230 g/mol. The fourth-order valence-corrected chi connectivity index (χ4v) is 1.25. The molecular weight excluding hydrogens is 218 g/mol. The summed E-state index contributed by atoms with van der Waals surface area (Å²) < 4.78 is 5.02. The van der Waals surface area contributed by atoms with Gasteiger partial charge in [0.2, 0.25) is 11.8 Å². The molecule has 0 aliphatic rings. The lowest BCUT2D eigenvalue weighted by Crippen LogP contribution is -2.27. The van der Waals surface area contributed by atoms with E-state index in [9.17, 15) is 4.79 Å². The summed E-state index contributed by atoms with van der Waals surface area (Å²) in [5, 5.41) is 0. The number of ether oxygens (including phenoxy) is 1. The summed E-state index contributed by atoms with van der Waals surface area (Å²) >= 11 is 5.43. The highest BCUT2D eigenvalue weighted by Gasteiger charge is 2.12. The molecule has 0 saturated carbocycles. The van der Waals surface area contributed by atoms with Crippen molar-refractivity contribution in [3.05, 3.63) is 18.1 Å². The van der Waals surface area contributed by atoms with Crippen molar-refractivity contribution in [2.75, 3.05) is 20.0 Å². The molecule has 1 aromatic heterocycles. The van der Waals surface area contributed by atoms with Crippen molar-refractivity contribution in [3.63, 3.8) is 0 Å². The van der Waals surface area contributed by atoms with Gasteiger partial charge in [0.15, 0.2) is 0 Å². The Balaban J connectivity index is 2.75. The standard InChI is InChI=1S/C9H12ClN3O2/c1-13(8(14)5-10)6-7-9(15-2)12-4-3-11-7/h3-4H,5-6H2,1-2H3. The van der Waals surface area contributed by atoms with E-state index in [1.54, 1.807) is 13.2 Å². The topological polar surface area (TPSA) is 55.3 Å². The molecule has 0 fully saturated rings. The van der Waals surface area contributed by atoms with E-state index in [0.717, 1.165) is 0 Å². The summed E-state index contributed by atoms with van der Waals surface area (Å²) in [5.74, 6) is 0.218. The highest BCUT2D eigenvalue weighted by molar-refractivity contribution is 6.27. The van der Waals surface area contributed by atoms with Gasteiger partial charge in [0.25, 0.3) is 0 Å². The number of nitrogens with zero attached hydrogens (tertiary/aromatic N) is 3. The first-order valence-corrected chi connectivity index (χ1v) is 4.86. The van der Waals surface area contributed by atoms with Crippen molar-refractivity contribution < 1.29 is 9.53 Å². The second-order valence-corrected chi connectivity index (χ2v) is 3.16. The van der Waals surface area contributed by atoms with Gasteiger partial charge in [-0.1, -0.05) is 0 Å². The highest BCUT2D eigenvalue weighted by Crippen LogP contribution is 2.12. The maximum atomic E-state index is 11.2. The van der Waals surface area contributed by atoms with Gasteiger partial charge < -0.3 is 9.64 Å². The van der Waals surface area contributed by atoms with Crippen LogP contribution in [0.4, 0.5) is 0 Å². The Morgan fingerprint density at radius 1 is 1.53 bits per heavy atom. The molecule has 0 spiro atoms. The van der Waals surface area contributed by atoms with Crippen LogP contribution in [0.3, 0.4) is 0 Å². The van der Waals surface area contributed by atoms with Crippen LogP contribution in [0.15, 0.2) is 12.4 Å². The fraction of sp³-hybridized carbons (Fsp3) is 0.444. The number of hydrogen-bond acceptors (Lipinski definition) is 4. The summed E-state index contributed by atoms with van der Waals surface area (Å²) in [4.78, 5) is 20.8. The van der Waals surface area contributed by atoms with Crippen LogP contribution in [0.25, 0.3) is 0 Å². The van der Waals surface area contributed by atoms with Crippen molar-refractivity contribution in [1.29, 1.82) is 0 Å². The van der Waals surface area contributed by atoms with Crippen LogP contribution in [0.5, 0.6) is 5.88 Å². The molecule has 0 bridgehead atoms. The molecule has 0 radical (unpaired) electrons. The number of amides is 1. The van der Waals surface area contributed by atoms with E-state index in [4.69, 9.17) is 16.3 Å². The van der Waals surface area contributed by atoms with E-state index < -0.39 is 0 Å². The lowest BCUT2D eigenvalue weighted by Gasteiger charge is -2.15. The van der Waals surface area contributed by atoms with E-state index in [1.807, 2.05) is 0 Å². The Kier molecular flexibility index (Phi) is 4.30. The van der Waals surface area contributed by atoms with Crippen LogP contribution < -0.4 is 4.74 Å². The monoisotopic (exact) mass is 229 g/mol. The molecule has 0 aliphatic carbocycles. The summed E-state index contributed by atoms with van der Waals surface area (Å²) in [5.41, 5.74) is 0.612. The Morgan fingerprint density at radius 3 is 2.80 bits per heavy atom. The Labute approximate surface area is 93.0 Å². The smallest absolute Gasteiger partial charge is 0.237 e. The molecular formula is C9H12ClN3O2. The summed E-state index contributed by atoms with van der Waals surface area (Å²) in [6.07, 6.45) is 3.09. The largest absolute Gasteiger partial charge is 0.480 e. The highest BCUT2D eigenvalue weighted by atomic mass is 35.5. The average Bonchev–Trinajstić information content (AvgIpc) is 2.28. The van der Waals surface area contributed by atoms with Gasteiger partial charge in [-0.2, -0.15) is 0 Å². The molecule has 6 heteroatoms. The maximum absolute atomic E-state index is 11.2. The minimum Gasteiger partial charge on any atom is -0.480 e. The van der Waals surface area contributed by atoms with E-state index >= 15 is 0 Å². The Morgan fingerprint density at radius 2 is 2.20 bits per heavy atom. The minimum absolute atomic E-state index is 0.0426. The van der Waals surface area contributed by atoms with Crippen LogP contribution in [0.2, 0.25) is 0 Å². The first-order chi connectivity index (χ1) is 7.19. The molecule has 82 valence electrons. The van der Waals surface area contributed by atoms with Crippen LogP contribution >= 0.6 is 11.6 Å². The SMILES string of the molecule is COc1nccnc1CN(C)C(=O)CCl. The zero-order valence-electron chi connectivity index (χ0n) is 8.61. The molecule has 0 atom stereocenters. The Hall–Kier alpha value is -1.36. The third-order valence-corrected chi connectivity index (χ3v) is 2.08. The van der Waals surface area contributed by atoms with Crippen molar-refractivity contribution in [2.45, 2.75) is 6.54 Å². The third-order valence-electron chi connectivity index (χ3n) is 1.86. The van der Waals surface area contributed by atoms with Gasteiger partial charge in [-0.3, -0.25) is 9.78 Å². The lowest BCUT2D eigenvalue weighted by molar-refractivity contribution is -0.127. The number of halogens is 1. The van der Waals surface area contributed by atoms with E-state index in [1.165, 1.54) is 18.2 Å². The molecule has 0 aromatic carbocycles. The van der Waals surface area contributed by atoms with Crippen LogP contribution in [-0.2, 0) is 11.3 Å². The first-order valence-electron chi connectivity index (χ1n) is 4.32. The number of rotatable bonds is 4. The Bertz CT molecular complexity index is 346. The van der Waals surface area contributed by atoms with Gasteiger partial charge in [-0.25, -0.2) is 4.98 Å². The number of methoxy groups -OCH3 is 1. The number of carbonyl (C=O) groups excluding carboxylic acids is 1. The molecule has 0 unspecified atom stereocenters. The zero-order valence-corrected chi connectivity index (χ0v) is 9.36. The van der Waals surface area contributed by atoms with E-state index in [-0.39, 0.29) is 11.8 Å². The van der Waals surface area contributed by atoms with Crippen molar-refractivity contribution in [1.82, 2.24) is 14.9 Å². The van der Waals surface area contributed by atoms with E-state index in [2.05, 4.69) is 9.97 Å². The van der Waals surface area contributed by atoms with Crippen molar-refractivity contribution in [2.24, 2.45) is 0 Å². The molecule has 1 amide bonds. The maximum Gasteiger partial charge on any atom is 0.237 e. The molecule has 1 heterocycles. The van der Waals surface area contributed by atoms with Gasteiger partial charge in [-0.05, 0) is 0 Å². The van der Waals surface area contributed by atoms with Gasteiger partial charge in [0.05, 0.1) is 13.7 Å². The molecule has 1 aromatic rings. The number of carbonyl (C=O) groups is 1. The van der Waals surface area contributed by atoms with Gasteiger partial charge in [0.1, 0.15) is 11.6 Å². The fourth-order valence-electron chi connectivity index (χ4n) is 1.05. The van der Waals surface area contributed by atoms with Crippen LogP contribution in [0.1, 0.15) is 5.69 Å². The van der Waals surface area contributed by atoms with E-state index in [0.29, 0.717) is 18.1 Å².